The maximum Gasteiger partial charge on any atom is 0.408 e. The maximum atomic E-state index is 12.0. The van der Waals surface area contributed by atoms with Crippen molar-refractivity contribution in [3.05, 3.63) is 0 Å². The molecular weight excluding hydrogens is 286 g/mol. The number of hydrogen-bond donors (Lipinski definition) is 3. The molecular formula is C15H25N3O4. The van der Waals surface area contributed by atoms with Gasteiger partial charge < -0.3 is 21.1 Å². The van der Waals surface area contributed by atoms with Gasteiger partial charge in [0.2, 0.25) is 11.8 Å². The standard InChI is InChI=1S/C15H25N3O4/c1-14(2,3)22-13(21)17-10(11(16)19)7-9-8-15(5-4-6-15)18-12(9)20/h9-10H,4-8H2,1-3H3,(H2,16,19)(H,17,21)(H,18,20)/t9-,10+/m1/s1. The van der Waals surface area contributed by atoms with E-state index in [2.05, 4.69) is 10.6 Å². The number of alkyl carbamates (subject to hydrolysis) is 1. The van der Waals surface area contributed by atoms with E-state index in [0.717, 1.165) is 19.3 Å². The van der Waals surface area contributed by atoms with Crippen LogP contribution in [0, 0.1) is 5.92 Å². The van der Waals surface area contributed by atoms with Crippen LogP contribution in [0.5, 0.6) is 0 Å². The topological polar surface area (TPSA) is 111 Å². The molecule has 0 bridgehead atoms. The van der Waals surface area contributed by atoms with Gasteiger partial charge in [-0.15, -0.1) is 0 Å². The molecule has 3 amide bonds. The number of amides is 3. The highest BCUT2D eigenvalue weighted by molar-refractivity contribution is 5.87. The van der Waals surface area contributed by atoms with Crippen molar-refractivity contribution >= 4 is 17.9 Å². The largest absolute Gasteiger partial charge is 0.444 e. The average molecular weight is 311 g/mol. The molecule has 1 aliphatic carbocycles. The molecule has 0 radical (unpaired) electrons. The number of nitrogens with one attached hydrogen (secondary N) is 2. The fraction of sp³-hybridized carbons (Fsp3) is 0.800. The summed E-state index contributed by atoms with van der Waals surface area (Å²) < 4.78 is 5.12. The molecule has 7 heteroatoms. The molecule has 2 atom stereocenters. The number of hydrogen-bond acceptors (Lipinski definition) is 4. The summed E-state index contributed by atoms with van der Waals surface area (Å²) in [6, 6.07) is -0.902. The summed E-state index contributed by atoms with van der Waals surface area (Å²) in [7, 11) is 0. The molecule has 1 saturated heterocycles. The first-order valence-corrected chi connectivity index (χ1v) is 7.71. The lowest BCUT2D eigenvalue weighted by molar-refractivity contribution is -0.124. The first-order chi connectivity index (χ1) is 10.1. The molecule has 2 rings (SSSR count). The second-order valence-electron chi connectivity index (χ2n) is 7.36. The van der Waals surface area contributed by atoms with Gasteiger partial charge in [0.05, 0.1) is 0 Å². The van der Waals surface area contributed by atoms with Gasteiger partial charge in [-0.2, -0.15) is 0 Å². The van der Waals surface area contributed by atoms with Gasteiger partial charge in [0.15, 0.2) is 0 Å². The Hall–Kier alpha value is -1.79. The van der Waals surface area contributed by atoms with E-state index >= 15 is 0 Å². The van der Waals surface area contributed by atoms with Crippen LogP contribution in [0.4, 0.5) is 4.79 Å². The van der Waals surface area contributed by atoms with Crippen LogP contribution in [0.15, 0.2) is 0 Å². The van der Waals surface area contributed by atoms with Crippen molar-refractivity contribution in [3.8, 4) is 0 Å². The highest BCUT2D eigenvalue weighted by Gasteiger charge is 2.48. The summed E-state index contributed by atoms with van der Waals surface area (Å²) >= 11 is 0. The van der Waals surface area contributed by atoms with Crippen LogP contribution in [0.2, 0.25) is 0 Å². The van der Waals surface area contributed by atoms with E-state index in [1.54, 1.807) is 20.8 Å². The van der Waals surface area contributed by atoms with Crippen molar-refractivity contribution in [3.63, 3.8) is 0 Å². The summed E-state index contributed by atoms with van der Waals surface area (Å²) in [5, 5.41) is 5.49. The Morgan fingerprint density at radius 1 is 1.45 bits per heavy atom. The second kappa shape index (κ2) is 5.78. The Morgan fingerprint density at radius 3 is 2.50 bits per heavy atom. The van der Waals surface area contributed by atoms with Gasteiger partial charge in [-0.3, -0.25) is 9.59 Å². The van der Waals surface area contributed by atoms with Crippen LogP contribution in [-0.2, 0) is 14.3 Å². The fourth-order valence-electron chi connectivity index (χ4n) is 3.08. The second-order valence-corrected chi connectivity index (χ2v) is 7.36. The highest BCUT2D eigenvalue weighted by Crippen LogP contribution is 2.42. The molecule has 2 fully saturated rings. The van der Waals surface area contributed by atoms with Crippen molar-refractivity contribution in [2.75, 3.05) is 0 Å². The van der Waals surface area contributed by atoms with Gasteiger partial charge in [-0.25, -0.2) is 4.79 Å². The number of carbonyl (C=O) groups is 3. The molecule has 22 heavy (non-hydrogen) atoms. The minimum absolute atomic E-state index is 0.0584. The van der Waals surface area contributed by atoms with E-state index in [9.17, 15) is 14.4 Å². The number of nitrogens with two attached hydrogens (primary N) is 1. The smallest absolute Gasteiger partial charge is 0.408 e. The first kappa shape index (κ1) is 16.6. The summed E-state index contributed by atoms with van der Waals surface area (Å²) in [4.78, 5) is 35.4. The molecule has 1 spiro atoms. The van der Waals surface area contributed by atoms with E-state index in [1.807, 2.05) is 0 Å². The number of ether oxygens (including phenoxy) is 1. The zero-order valence-corrected chi connectivity index (χ0v) is 13.4. The van der Waals surface area contributed by atoms with E-state index in [0.29, 0.717) is 6.42 Å². The average Bonchev–Trinajstić information content (AvgIpc) is 2.63. The Morgan fingerprint density at radius 2 is 2.09 bits per heavy atom. The van der Waals surface area contributed by atoms with E-state index in [1.165, 1.54) is 0 Å². The molecule has 1 saturated carbocycles. The monoisotopic (exact) mass is 311 g/mol. The van der Waals surface area contributed by atoms with Gasteiger partial charge in [-0.1, -0.05) is 0 Å². The van der Waals surface area contributed by atoms with Crippen molar-refractivity contribution < 1.29 is 19.1 Å². The predicted molar refractivity (Wildman–Crippen MR) is 79.8 cm³/mol. The summed E-state index contributed by atoms with van der Waals surface area (Å²) in [6.45, 7) is 5.20. The minimum atomic E-state index is -0.902. The Labute approximate surface area is 130 Å². The quantitative estimate of drug-likeness (QED) is 0.713. The zero-order chi connectivity index (χ0) is 16.5. The molecule has 1 heterocycles. The Balaban J connectivity index is 1.93. The fourth-order valence-corrected chi connectivity index (χ4v) is 3.08. The zero-order valence-electron chi connectivity index (χ0n) is 13.4. The molecule has 2 aliphatic rings. The van der Waals surface area contributed by atoms with Crippen molar-refractivity contribution in [1.29, 1.82) is 0 Å². The van der Waals surface area contributed by atoms with Gasteiger partial charge in [0.1, 0.15) is 11.6 Å². The Bertz CT molecular complexity index is 480. The molecule has 7 nitrogen and oxygen atoms in total. The van der Waals surface area contributed by atoms with Crippen LogP contribution in [-0.4, -0.2) is 35.1 Å². The van der Waals surface area contributed by atoms with Crippen LogP contribution in [0.3, 0.4) is 0 Å². The van der Waals surface area contributed by atoms with Crippen molar-refractivity contribution in [2.24, 2.45) is 11.7 Å². The molecule has 0 aromatic heterocycles. The predicted octanol–water partition coefficient (Wildman–Crippen LogP) is 0.814. The van der Waals surface area contributed by atoms with Crippen LogP contribution in [0.25, 0.3) is 0 Å². The molecule has 0 unspecified atom stereocenters. The lowest BCUT2D eigenvalue weighted by atomic mass is 9.74. The van der Waals surface area contributed by atoms with Crippen LogP contribution in [0.1, 0.15) is 52.9 Å². The van der Waals surface area contributed by atoms with Gasteiger partial charge in [0, 0.05) is 11.5 Å². The third-order valence-electron chi connectivity index (χ3n) is 4.26. The van der Waals surface area contributed by atoms with E-state index in [4.69, 9.17) is 10.5 Å². The van der Waals surface area contributed by atoms with E-state index in [-0.39, 0.29) is 23.8 Å². The molecule has 124 valence electrons. The van der Waals surface area contributed by atoms with Gasteiger partial charge in [-0.05, 0) is 52.9 Å². The van der Waals surface area contributed by atoms with Gasteiger partial charge >= 0.3 is 6.09 Å². The van der Waals surface area contributed by atoms with E-state index < -0.39 is 23.6 Å². The third kappa shape index (κ3) is 3.90. The molecule has 1 aliphatic heterocycles. The molecule has 4 N–H and O–H groups in total. The summed E-state index contributed by atoms with van der Waals surface area (Å²) in [6.07, 6.45) is 3.29. The summed E-state index contributed by atoms with van der Waals surface area (Å²) in [5.74, 6) is -1.02. The molecule has 0 aromatic rings. The third-order valence-corrected chi connectivity index (χ3v) is 4.26. The number of primary amides is 1. The SMILES string of the molecule is CC(C)(C)OC(=O)N[C@@H](C[C@@H]1CC2(CCC2)NC1=O)C(N)=O. The number of rotatable bonds is 4. The van der Waals surface area contributed by atoms with Crippen molar-refractivity contribution in [2.45, 2.75) is 70.1 Å². The van der Waals surface area contributed by atoms with Crippen LogP contribution < -0.4 is 16.4 Å². The maximum absolute atomic E-state index is 12.0. The van der Waals surface area contributed by atoms with Crippen LogP contribution >= 0.6 is 0 Å². The normalized spacial score (nSPS) is 24.3. The minimum Gasteiger partial charge on any atom is -0.444 e. The highest BCUT2D eigenvalue weighted by atomic mass is 16.6. The molecule has 0 aromatic carbocycles. The first-order valence-electron chi connectivity index (χ1n) is 7.71. The van der Waals surface area contributed by atoms with Gasteiger partial charge in [0.25, 0.3) is 0 Å². The summed E-state index contributed by atoms with van der Waals surface area (Å²) in [5.41, 5.74) is 4.60. The lowest BCUT2D eigenvalue weighted by Gasteiger charge is -2.38. The number of carbonyl (C=O) groups excluding carboxylic acids is 3. The van der Waals surface area contributed by atoms with Crippen molar-refractivity contribution in [1.82, 2.24) is 10.6 Å². The lowest BCUT2D eigenvalue weighted by Crippen LogP contribution is -2.47. The Kier molecular flexibility index (Phi) is 4.35.